The third-order valence-electron chi connectivity index (χ3n) is 6.93. The number of hydrogen-bond acceptors (Lipinski definition) is 3. The Hall–Kier alpha value is -1.74. The predicted octanol–water partition coefficient (Wildman–Crippen LogP) is 4.86. The minimum atomic E-state index is -0.0334. The molecule has 0 aromatic heterocycles. The molecule has 0 N–H and O–H groups in total. The molecule has 0 radical (unpaired) electrons. The van der Waals surface area contributed by atoms with Crippen molar-refractivity contribution in [2.45, 2.75) is 54.1 Å². The first-order valence-electron chi connectivity index (χ1n) is 9.83. The Morgan fingerprint density at radius 2 is 1.54 bits per heavy atom. The first-order valence-corrected chi connectivity index (χ1v) is 10.8. The summed E-state index contributed by atoms with van der Waals surface area (Å²) in [7, 11) is 0. The van der Waals surface area contributed by atoms with Crippen molar-refractivity contribution in [3.63, 3.8) is 0 Å². The van der Waals surface area contributed by atoms with Crippen LogP contribution in [0.3, 0.4) is 0 Å². The second kappa shape index (κ2) is 5.63. The molecule has 4 unspecified atom stereocenters. The number of carbonyl (C=O) groups is 1. The molecule has 2 saturated heterocycles. The first kappa shape index (κ1) is 15.3. The van der Waals surface area contributed by atoms with E-state index >= 15 is 0 Å². The quantitative estimate of drug-likeness (QED) is 0.714. The maximum Gasteiger partial charge on any atom is 0.310 e. The van der Waals surface area contributed by atoms with Crippen molar-refractivity contribution >= 4 is 17.7 Å². The standard InChI is InChI=1S/C23H22O2S/c24-23(25-20-11-13-9-10-21(20)26-13)19-12-18-14-5-1-3-7-16(14)22(19)17-8-4-2-6-15(17)18/h1-8,13,18-22H,9-12H2. The molecule has 2 fully saturated rings. The zero-order valence-corrected chi connectivity index (χ0v) is 15.5. The van der Waals surface area contributed by atoms with E-state index < -0.39 is 0 Å². The van der Waals surface area contributed by atoms with E-state index in [1.807, 2.05) is 11.8 Å². The van der Waals surface area contributed by atoms with Crippen LogP contribution >= 0.6 is 11.8 Å². The molecular weight excluding hydrogens is 340 g/mol. The smallest absolute Gasteiger partial charge is 0.310 e. The molecule has 2 aromatic carbocycles. The van der Waals surface area contributed by atoms with Crippen molar-refractivity contribution in [1.82, 2.24) is 0 Å². The lowest BCUT2D eigenvalue weighted by Gasteiger charge is -2.44. The van der Waals surface area contributed by atoms with Gasteiger partial charge in [0.15, 0.2) is 0 Å². The minimum absolute atomic E-state index is 0.0334. The van der Waals surface area contributed by atoms with Crippen LogP contribution in [0.2, 0.25) is 0 Å². The van der Waals surface area contributed by atoms with Crippen LogP contribution in [0.1, 0.15) is 59.8 Å². The molecule has 4 atom stereocenters. The zero-order valence-electron chi connectivity index (χ0n) is 14.6. The monoisotopic (exact) mass is 362 g/mol. The fourth-order valence-electron chi connectivity index (χ4n) is 5.82. The van der Waals surface area contributed by atoms with Crippen molar-refractivity contribution < 1.29 is 9.53 Å². The fourth-order valence-corrected chi connectivity index (χ4v) is 7.50. The maximum absolute atomic E-state index is 13.2. The van der Waals surface area contributed by atoms with Gasteiger partial charge in [0.2, 0.25) is 0 Å². The summed E-state index contributed by atoms with van der Waals surface area (Å²) in [4.78, 5) is 13.2. The van der Waals surface area contributed by atoms with Gasteiger partial charge in [-0.05, 0) is 47.9 Å². The average molecular weight is 362 g/mol. The lowest BCUT2D eigenvalue weighted by atomic mass is 9.59. The number of rotatable bonds is 2. The van der Waals surface area contributed by atoms with Gasteiger partial charge in [-0.1, -0.05) is 48.5 Å². The van der Waals surface area contributed by atoms with Crippen LogP contribution in [-0.2, 0) is 9.53 Å². The normalized spacial score (nSPS) is 35.8. The van der Waals surface area contributed by atoms with E-state index in [-0.39, 0.29) is 23.9 Å². The molecule has 0 amide bonds. The molecule has 2 aromatic rings. The topological polar surface area (TPSA) is 26.3 Å². The number of benzene rings is 2. The van der Waals surface area contributed by atoms with E-state index in [0.29, 0.717) is 11.2 Å². The van der Waals surface area contributed by atoms with E-state index in [0.717, 1.165) is 18.1 Å². The number of ether oxygens (including phenoxy) is 1. The Morgan fingerprint density at radius 3 is 2.12 bits per heavy atom. The number of thioether (sulfide) groups is 1. The van der Waals surface area contributed by atoms with Crippen LogP contribution in [0.4, 0.5) is 0 Å². The summed E-state index contributed by atoms with van der Waals surface area (Å²) in [5.41, 5.74) is 5.50. The van der Waals surface area contributed by atoms with E-state index in [2.05, 4.69) is 48.5 Å². The Balaban J connectivity index is 1.36. The highest BCUT2D eigenvalue weighted by Gasteiger charge is 2.49. The fraction of sp³-hybridized carbons (Fsp3) is 0.435. The van der Waals surface area contributed by atoms with Gasteiger partial charge in [-0.3, -0.25) is 4.79 Å². The molecule has 3 aliphatic carbocycles. The lowest BCUT2D eigenvalue weighted by molar-refractivity contribution is -0.156. The van der Waals surface area contributed by atoms with Crippen molar-refractivity contribution in [3.8, 4) is 0 Å². The summed E-state index contributed by atoms with van der Waals surface area (Å²) in [5.74, 6) is 0.501. The summed E-state index contributed by atoms with van der Waals surface area (Å²) < 4.78 is 6.11. The van der Waals surface area contributed by atoms with Crippen molar-refractivity contribution in [1.29, 1.82) is 0 Å². The van der Waals surface area contributed by atoms with Gasteiger partial charge < -0.3 is 4.74 Å². The molecule has 0 saturated carbocycles. The summed E-state index contributed by atoms with van der Waals surface area (Å²) in [5, 5.41) is 1.27. The number of esters is 1. The molecule has 132 valence electrons. The third kappa shape index (κ3) is 2.10. The van der Waals surface area contributed by atoms with E-state index in [4.69, 9.17) is 4.74 Å². The van der Waals surface area contributed by atoms with Crippen LogP contribution in [0, 0.1) is 5.92 Å². The maximum atomic E-state index is 13.2. The summed E-state index contributed by atoms with van der Waals surface area (Å²) in [6.07, 6.45) is 4.63. The van der Waals surface area contributed by atoms with Crippen LogP contribution in [0.25, 0.3) is 0 Å². The van der Waals surface area contributed by atoms with Crippen molar-refractivity contribution in [2.75, 3.05) is 0 Å². The number of fused-ring (bicyclic) bond motifs is 3. The van der Waals surface area contributed by atoms with Crippen molar-refractivity contribution in [3.05, 3.63) is 70.8 Å². The highest BCUT2D eigenvalue weighted by molar-refractivity contribution is 8.01. The zero-order chi connectivity index (χ0) is 17.3. The van der Waals surface area contributed by atoms with Crippen LogP contribution < -0.4 is 0 Å². The van der Waals surface area contributed by atoms with Gasteiger partial charge in [0.1, 0.15) is 6.10 Å². The highest BCUT2D eigenvalue weighted by atomic mass is 32.2. The third-order valence-corrected chi connectivity index (χ3v) is 8.63. The summed E-state index contributed by atoms with van der Waals surface area (Å²) in [6, 6.07) is 17.4. The van der Waals surface area contributed by atoms with E-state index in [1.54, 1.807) is 0 Å². The largest absolute Gasteiger partial charge is 0.461 e. The molecule has 2 aliphatic heterocycles. The Kier molecular flexibility index (Phi) is 3.32. The highest BCUT2D eigenvalue weighted by Crippen LogP contribution is 2.56. The molecule has 0 spiro atoms. The minimum Gasteiger partial charge on any atom is -0.461 e. The molecule has 2 nitrogen and oxygen atoms in total. The van der Waals surface area contributed by atoms with E-state index in [9.17, 15) is 4.79 Å². The Morgan fingerprint density at radius 1 is 0.885 bits per heavy atom. The van der Waals surface area contributed by atoms with Gasteiger partial charge in [-0.25, -0.2) is 0 Å². The van der Waals surface area contributed by atoms with Gasteiger partial charge >= 0.3 is 5.97 Å². The van der Waals surface area contributed by atoms with Crippen LogP contribution in [0.5, 0.6) is 0 Å². The summed E-state index contributed by atoms with van der Waals surface area (Å²) in [6.45, 7) is 0. The summed E-state index contributed by atoms with van der Waals surface area (Å²) >= 11 is 2.04. The van der Waals surface area contributed by atoms with E-state index in [1.165, 1.54) is 35.1 Å². The number of carbonyl (C=O) groups excluding carboxylic acids is 1. The average Bonchev–Trinajstić information content (AvgIpc) is 3.31. The molecule has 2 heterocycles. The SMILES string of the molecule is O=C(OC1CC2CCC1S2)C1CC2c3ccccc3C1c1ccccc12. The lowest BCUT2D eigenvalue weighted by Crippen LogP contribution is -2.39. The van der Waals surface area contributed by atoms with Gasteiger partial charge in [0, 0.05) is 22.3 Å². The number of hydrogen-bond donors (Lipinski definition) is 0. The molecule has 3 heteroatoms. The Labute approximate surface area is 158 Å². The molecular formula is C23H22O2S. The van der Waals surface area contributed by atoms with Crippen molar-refractivity contribution in [2.24, 2.45) is 5.92 Å². The molecule has 26 heavy (non-hydrogen) atoms. The van der Waals surface area contributed by atoms with Crippen LogP contribution in [0.15, 0.2) is 48.5 Å². The van der Waals surface area contributed by atoms with Gasteiger partial charge in [-0.15, -0.1) is 0 Å². The molecule has 7 rings (SSSR count). The second-order valence-electron chi connectivity index (χ2n) is 8.22. The molecule has 5 aliphatic rings. The predicted molar refractivity (Wildman–Crippen MR) is 104 cm³/mol. The van der Waals surface area contributed by atoms with Gasteiger partial charge in [0.25, 0.3) is 0 Å². The Bertz CT molecular complexity index is 844. The van der Waals surface area contributed by atoms with Gasteiger partial charge in [-0.2, -0.15) is 11.8 Å². The first-order chi connectivity index (χ1) is 12.8. The van der Waals surface area contributed by atoms with Gasteiger partial charge in [0.05, 0.1) is 5.92 Å². The second-order valence-corrected chi connectivity index (χ2v) is 9.76. The molecule has 4 bridgehead atoms. The van der Waals surface area contributed by atoms with Crippen LogP contribution in [-0.4, -0.2) is 22.6 Å².